The van der Waals surface area contributed by atoms with Crippen molar-refractivity contribution in [1.82, 2.24) is 4.90 Å². The van der Waals surface area contributed by atoms with Crippen molar-refractivity contribution in [3.63, 3.8) is 0 Å². The maximum absolute atomic E-state index is 5.87. The quantitative estimate of drug-likeness (QED) is 0.779. The number of anilines is 1. The second-order valence-corrected chi connectivity index (χ2v) is 4.91. The second kappa shape index (κ2) is 6.03. The van der Waals surface area contributed by atoms with Gasteiger partial charge in [-0.3, -0.25) is 0 Å². The summed E-state index contributed by atoms with van der Waals surface area (Å²) in [7, 11) is 2.15. The smallest absolute Gasteiger partial charge is 0.0346 e. The molecule has 1 rings (SSSR count). The minimum Gasteiger partial charge on any atom is -0.399 e. The molecule has 0 aromatic heterocycles. The fourth-order valence-electron chi connectivity index (χ4n) is 1.43. The Morgan fingerprint density at radius 2 is 2.13 bits per heavy atom. The van der Waals surface area contributed by atoms with E-state index in [9.17, 15) is 0 Å². The summed E-state index contributed by atoms with van der Waals surface area (Å²) in [6.45, 7) is 4.14. The molecule has 1 aromatic carbocycles. The van der Waals surface area contributed by atoms with Crippen LogP contribution in [0.25, 0.3) is 0 Å². The van der Waals surface area contributed by atoms with Crippen LogP contribution in [0.1, 0.15) is 11.1 Å². The Bertz CT molecular complexity index is 312. The Balaban J connectivity index is 2.53. The van der Waals surface area contributed by atoms with Crippen LogP contribution < -0.4 is 5.73 Å². The van der Waals surface area contributed by atoms with Gasteiger partial charge in [0, 0.05) is 24.5 Å². The van der Waals surface area contributed by atoms with Crippen LogP contribution in [-0.2, 0) is 6.54 Å². The molecule has 0 atom stereocenters. The number of rotatable bonds is 5. The lowest BCUT2D eigenvalue weighted by atomic mass is 10.1. The number of nitrogens with two attached hydrogens (primary N) is 1. The van der Waals surface area contributed by atoms with E-state index in [1.165, 1.54) is 11.3 Å². The predicted molar refractivity (Wildman–Crippen MR) is 70.3 cm³/mol. The molecule has 0 radical (unpaired) electrons. The molecule has 2 nitrogen and oxygen atoms in total. The summed E-state index contributed by atoms with van der Waals surface area (Å²) in [6.07, 6.45) is 2.14. The summed E-state index contributed by atoms with van der Waals surface area (Å²) in [5.41, 5.74) is 9.22. The highest BCUT2D eigenvalue weighted by molar-refractivity contribution is 7.98. The molecular weight excluding hydrogens is 204 g/mol. The zero-order chi connectivity index (χ0) is 11.3. The van der Waals surface area contributed by atoms with Crippen LogP contribution in [0.2, 0.25) is 0 Å². The molecule has 15 heavy (non-hydrogen) atoms. The molecule has 3 heteroatoms. The first-order valence-corrected chi connectivity index (χ1v) is 6.55. The number of thioether (sulfide) groups is 1. The van der Waals surface area contributed by atoms with Crippen molar-refractivity contribution in [3.8, 4) is 0 Å². The monoisotopic (exact) mass is 224 g/mol. The molecule has 0 saturated carbocycles. The first-order chi connectivity index (χ1) is 7.13. The van der Waals surface area contributed by atoms with E-state index in [1.807, 2.05) is 18.7 Å². The van der Waals surface area contributed by atoms with Crippen molar-refractivity contribution in [2.45, 2.75) is 13.5 Å². The van der Waals surface area contributed by atoms with Gasteiger partial charge in [-0.25, -0.2) is 0 Å². The Hall–Kier alpha value is -0.670. The number of benzene rings is 1. The third-order valence-electron chi connectivity index (χ3n) is 2.47. The van der Waals surface area contributed by atoms with Crippen molar-refractivity contribution < 1.29 is 0 Å². The van der Waals surface area contributed by atoms with E-state index < -0.39 is 0 Å². The van der Waals surface area contributed by atoms with Gasteiger partial charge in [-0.05, 0) is 37.4 Å². The molecule has 0 amide bonds. The third-order valence-corrected chi connectivity index (χ3v) is 3.06. The van der Waals surface area contributed by atoms with Crippen molar-refractivity contribution >= 4 is 17.4 Å². The van der Waals surface area contributed by atoms with Crippen molar-refractivity contribution in [1.29, 1.82) is 0 Å². The Kier molecular flexibility index (Phi) is 4.99. The average Bonchev–Trinajstić information content (AvgIpc) is 2.20. The summed E-state index contributed by atoms with van der Waals surface area (Å²) >= 11 is 1.88. The first kappa shape index (κ1) is 12.4. The van der Waals surface area contributed by atoms with Crippen LogP contribution in [-0.4, -0.2) is 30.5 Å². The molecule has 1 aromatic rings. The van der Waals surface area contributed by atoms with Gasteiger partial charge >= 0.3 is 0 Å². The van der Waals surface area contributed by atoms with Crippen molar-refractivity contribution in [2.75, 3.05) is 31.3 Å². The highest BCUT2D eigenvalue weighted by atomic mass is 32.2. The van der Waals surface area contributed by atoms with E-state index in [0.29, 0.717) is 0 Å². The van der Waals surface area contributed by atoms with Crippen molar-refractivity contribution in [2.24, 2.45) is 0 Å². The van der Waals surface area contributed by atoms with E-state index >= 15 is 0 Å². The summed E-state index contributed by atoms with van der Waals surface area (Å²) in [5, 5.41) is 0. The Morgan fingerprint density at radius 1 is 1.40 bits per heavy atom. The minimum atomic E-state index is 0.894. The highest BCUT2D eigenvalue weighted by Gasteiger charge is 2.01. The molecular formula is C12H20N2S. The zero-order valence-electron chi connectivity index (χ0n) is 9.79. The number of nitrogen functional groups attached to an aromatic ring is 1. The summed E-state index contributed by atoms with van der Waals surface area (Å²) in [5.74, 6) is 1.18. The van der Waals surface area contributed by atoms with Gasteiger partial charge in [0.2, 0.25) is 0 Å². The third kappa shape index (κ3) is 4.14. The molecule has 84 valence electrons. The molecule has 0 saturated heterocycles. The van der Waals surface area contributed by atoms with Crippen LogP contribution in [0.5, 0.6) is 0 Å². The normalized spacial score (nSPS) is 10.9. The van der Waals surface area contributed by atoms with E-state index in [0.717, 1.165) is 24.3 Å². The molecule has 0 aliphatic carbocycles. The SMILES string of the molecule is CSCCN(C)Cc1ccc(C)c(N)c1. The summed E-state index contributed by atoms with van der Waals surface area (Å²) < 4.78 is 0. The highest BCUT2D eigenvalue weighted by Crippen LogP contribution is 2.14. The zero-order valence-corrected chi connectivity index (χ0v) is 10.6. The van der Waals surface area contributed by atoms with Gasteiger partial charge in [0.25, 0.3) is 0 Å². The van der Waals surface area contributed by atoms with E-state index in [4.69, 9.17) is 5.73 Å². The second-order valence-electron chi connectivity index (χ2n) is 3.92. The van der Waals surface area contributed by atoms with Crippen LogP contribution >= 0.6 is 11.8 Å². The maximum Gasteiger partial charge on any atom is 0.0346 e. The van der Waals surface area contributed by atoms with Gasteiger partial charge in [0.1, 0.15) is 0 Å². The molecule has 0 aliphatic heterocycles. The fraction of sp³-hybridized carbons (Fsp3) is 0.500. The van der Waals surface area contributed by atoms with Crippen LogP contribution in [0, 0.1) is 6.92 Å². The minimum absolute atomic E-state index is 0.894. The molecule has 0 spiro atoms. The molecule has 0 fully saturated rings. The van der Waals surface area contributed by atoms with Crippen molar-refractivity contribution in [3.05, 3.63) is 29.3 Å². The lowest BCUT2D eigenvalue weighted by Crippen LogP contribution is -2.20. The predicted octanol–water partition coefficient (Wildman–Crippen LogP) is 2.37. The maximum atomic E-state index is 5.87. The number of hydrogen-bond acceptors (Lipinski definition) is 3. The van der Waals surface area contributed by atoms with Gasteiger partial charge in [0.15, 0.2) is 0 Å². The Labute approximate surface area is 96.8 Å². The molecule has 0 aliphatic rings. The lowest BCUT2D eigenvalue weighted by Gasteiger charge is -2.16. The average molecular weight is 224 g/mol. The van der Waals surface area contributed by atoms with Crippen LogP contribution in [0.15, 0.2) is 18.2 Å². The topological polar surface area (TPSA) is 29.3 Å². The van der Waals surface area contributed by atoms with Gasteiger partial charge < -0.3 is 10.6 Å². The molecule has 0 unspecified atom stereocenters. The fourth-order valence-corrected chi connectivity index (χ4v) is 1.92. The largest absolute Gasteiger partial charge is 0.399 e. The number of nitrogens with zero attached hydrogens (tertiary/aromatic N) is 1. The summed E-state index contributed by atoms with van der Waals surface area (Å²) in [6, 6.07) is 6.32. The van der Waals surface area contributed by atoms with Gasteiger partial charge in [-0.2, -0.15) is 11.8 Å². The van der Waals surface area contributed by atoms with Gasteiger partial charge in [-0.1, -0.05) is 12.1 Å². The molecule has 0 bridgehead atoms. The Morgan fingerprint density at radius 3 is 2.73 bits per heavy atom. The van der Waals surface area contributed by atoms with Crippen LogP contribution in [0.4, 0.5) is 5.69 Å². The van der Waals surface area contributed by atoms with Crippen LogP contribution in [0.3, 0.4) is 0 Å². The first-order valence-electron chi connectivity index (χ1n) is 5.16. The number of hydrogen-bond donors (Lipinski definition) is 1. The van der Waals surface area contributed by atoms with E-state index in [1.54, 1.807) is 0 Å². The van der Waals surface area contributed by atoms with Gasteiger partial charge in [0.05, 0.1) is 0 Å². The molecule has 2 N–H and O–H groups in total. The van der Waals surface area contributed by atoms with Gasteiger partial charge in [-0.15, -0.1) is 0 Å². The van der Waals surface area contributed by atoms with E-state index in [-0.39, 0.29) is 0 Å². The summed E-state index contributed by atoms with van der Waals surface area (Å²) in [4.78, 5) is 2.32. The molecule has 0 heterocycles. The number of aryl methyl sites for hydroxylation is 1. The standard InChI is InChI=1S/C12H20N2S/c1-10-4-5-11(8-12(10)13)9-14(2)6-7-15-3/h4-5,8H,6-7,9,13H2,1-3H3. The van der Waals surface area contributed by atoms with E-state index in [2.05, 4.69) is 36.4 Å². The lowest BCUT2D eigenvalue weighted by molar-refractivity contribution is 0.349.